The predicted octanol–water partition coefficient (Wildman–Crippen LogP) is 3.48. The predicted molar refractivity (Wildman–Crippen MR) is 135 cm³/mol. The summed E-state index contributed by atoms with van der Waals surface area (Å²) < 4.78 is 0. The molecule has 7 nitrogen and oxygen atoms in total. The van der Waals surface area contributed by atoms with Gasteiger partial charge in [0.05, 0.1) is 6.61 Å². The second-order valence-electron chi connectivity index (χ2n) is 7.94. The first-order valence-electron chi connectivity index (χ1n) is 11.1. The summed E-state index contributed by atoms with van der Waals surface area (Å²) in [7, 11) is 0. The van der Waals surface area contributed by atoms with Crippen molar-refractivity contribution in [1.82, 2.24) is 9.80 Å². The summed E-state index contributed by atoms with van der Waals surface area (Å²) in [6.45, 7) is 5.29. The lowest BCUT2D eigenvalue weighted by Gasteiger charge is -2.39. The van der Waals surface area contributed by atoms with Crippen LogP contribution in [0, 0.1) is 0 Å². The maximum Gasteiger partial charge on any atom is 0.328 e. The van der Waals surface area contributed by atoms with Gasteiger partial charge in [-0.25, -0.2) is 9.59 Å². The molecule has 0 aliphatic carbocycles. The number of nitrogens with zero attached hydrogens (tertiary/aromatic N) is 2. The van der Waals surface area contributed by atoms with E-state index in [2.05, 4.69) is 58.5 Å². The number of aliphatic hydroxyl groups is 1. The van der Waals surface area contributed by atoms with Crippen molar-refractivity contribution >= 4 is 35.5 Å². The van der Waals surface area contributed by atoms with Crippen LogP contribution in [-0.4, -0.2) is 82.6 Å². The van der Waals surface area contributed by atoms with Crippen molar-refractivity contribution in [2.24, 2.45) is 0 Å². The Morgan fingerprint density at radius 3 is 2.32 bits per heavy atom. The lowest BCUT2D eigenvalue weighted by molar-refractivity contribution is -0.134. The van der Waals surface area contributed by atoms with Crippen LogP contribution in [0.2, 0.25) is 0 Å². The molecule has 2 aromatic carbocycles. The molecule has 9 heteroatoms. The van der Waals surface area contributed by atoms with Crippen LogP contribution in [0.3, 0.4) is 0 Å². The van der Waals surface area contributed by atoms with Crippen LogP contribution in [0.4, 0.5) is 0 Å². The molecule has 1 saturated heterocycles. The molecule has 3 N–H and O–H groups in total. The van der Waals surface area contributed by atoms with Gasteiger partial charge in [0, 0.05) is 65.6 Å². The van der Waals surface area contributed by atoms with E-state index in [1.807, 2.05) is 23.5 Å². The van der Waals surface area contributed by atoms with E-state index in [1.165, 1.54) is 25.8 Å². The van der Waals surface area contributed by atoms with Gasteiger partial charge in [-0.2, -0.15) is 0 Å². The number of carbonyl (C=O) groups is 2. The number of hydrogen-bond acceptors (Lipinski definition) is 7. The number of carboxylic acid groups (broad SMARTS) is 2. The molecule has 4 rings (SSSR count). The molecule has 0 amide bonds. The van der Waals surface area contributed by atoms with Crippen molar-refractivity contribution in [3.63, 3.8) is 0 Å². The second-order valence-corrected chi connectivity index (χ2v) is 9.91. The minimum Gasteiger partial charge on any atom is -0.478 e. The average molecular weight is 503 g/mol. The van der Waals surface area contributed by atoms with Crippen LogP contribution in [0.1, 0.15) is 17.2 Å². The first-order chi connectivity index (χ1) is 16.4. The first-order valence-corrected chi connectivity index (χ1v) is 13.1. The molecule has 0 saturated carbocycles. The Morgan fingerprint density at radius 2 is 1.71 bits per heavy atom. The van der Waals surface area contributed by atoms with Gasteiger partial charge in [-0.15, -0.1) is 11.8 Å². The third kappa shape index (κ3) is 7.35. The Bertz CT molecular complexity index is 1010. The van der Waals surface area contributed by atoms with Crippen molar-refractivity contribution in [3.8, 4) is 0 Å². The number of piperazine rings is 1. The van der Waals surface area contributed by atoms with Crippen LogP contribution < -0.4 is 0 Å². The van der Waals surface area contributed by atoms with Crippen LogP contribution in [-0.2, 0) is 16.0 Å². The SMILES string of the molecule is CSc1ccc2c(c1)CC(N1CCN(CCO)CC1)c1ccccc1S2.O=C(O)/C=C\C(=O)O. The normalized spacial score (nSPS) is 18.4. The number of hydrogen-bond donors (Lipinski definition) is 3. The third-order valence-corrected chi connectivity index (χ3v) is 7.75. The highest BCUT2D eigenvalue weighted by Gasteiger charge is 2.29. The topological polar surface area (TPSA) is 101 Å². The summed E-state index contributed by atoms with van der Waals surface area (Å²) in [5.74, 6) is -2.51. The second kappa shape index (κ2) is 13.0. The van der Waals surface area contributed by atoms with Crippen molar-refractivity contribution in [3.05, 3.63) is 65.7 Å². The molecule has 182 valence electrons. The number of aliphatic hydroxyl groups excluding tert-OH is 1. The monoisotopic (exact) mass is 502 g/mol. The van der Waals surface area contributed by atoms with E-state index in [0.717, 1.165) is 39.1 Å². The summed E-state index contributed by atoms with van der Waals surface area (Å²) in [4.78, 5) is 28.3. The minimum atomic E-state index is -1.26. The Hall–Kier alpha value is -2.30. The van der Waals surface area contributed by atoms with Gasteiger partial charge in [0.1, 0.15) is 0 Å². The molecule has 1 fully saturated rings. The number of thioether (sulfide) groups is 1. The fraction of sp³-hybridized carbons (Fsp3) is 0.360. The number of fused-ring (bicyclic) bond motifs is 2. The molecule has 2 aliphatic heterocycles. The molecule has 0 radical (unpaired) electrons. The molecular weight excluding hydrogens is 472 g/mol. The van der Waals surface area contributed by atoms with Crippen molar-refractivity contribution in [2.75, 3.05) is 45.6 Å². The summed E-state index contributed by atoms with van der Waals surface area (Å²) in [5.41, 5.74) is 2.94. The molecular formula is C25H30N2O5S2. The van der Waals surface area contributed by atoms with Gasteiger partial charge in [-0.3, -0.25) is 9.80 Å². The zero-order valence-corrected chi connectivity index (χ0v) is 20.7. The maximum atomic E-state index is 9.55. The van der Waals surface area contributed by atoms with Crippen LogP contribution in [0.25, 0.3) is 0 Å². The van der Waals surface area contributed by atoms with Gasteiger partial charge < -0.3 is 15.3 Å². The van der Waals surface area contributed by atoms with E-state index >= 15 is 0 Å². The van der Waals surface area contributed by atoms with E-state index in [1.54, 1.807) is 0 Å². The van der Waals surface area contributed by atoms with E-state index in [0.29, 0.717) is 18.2 Å². The number of β-amino-alcohol motifs (C(OH)–C–C–N with tert-alkyl or cyclic N) is 1. The number of aliphatic carboxylic acids is 2. The van der Waals surface area contributed by atoms with Crippen molar-refractivity contribution < 1.29 is 24.9 Å². The number of rotatable bonds is 6. The Balaban J connectivity index is 0.000000350. The van der Waals surface area contributed by atoms with Gasteiger partial charge in [0.25, 0.3) is 0 Å². The lowest BCUT2D eigenvalue weighted by Crippen LogP contribution is -2.48. The molecule has 1 atom stereocenters. The van der Waals surface area contributed by atoms with E-state index in [4.69, 9.17) is 10.2 Å². The van der Waals surface area contributed by atoms with Crippen LogP contribution >= 0.6 is 23.5 Å². The first kappa shape index (κ1) is 26.3. The summed E-state index contributed by atoms with van der Waals surface area (Å²) in [6.07, 6.45) is 4.34. The third-order valence-electron chi connectivity index (χ3n) is 5.81. The summed E-state index contributed by atoms with van der Waals surface area (Å²) >= 11 is 3.74. The largest absolute Gasteiger partial charge is 0.478 e. The molecule has 0 bridgehead atoms. The highest BCUT2D eigenvalue weighted by molar-refractivity contribution is 7.99. The molecule has 2 heterocycles. The van der Waals surface area contributed by atoms with E-state index in [9.17, 15) is 14.7 Å². The van der Waals surface area contributed by atoms with Crippen LogP contribution in [0.15, 0.2) is 69.3 Å². The molecule has 2 aromatic rings. The van der Waals surface area contributed by atoms with Crippen LogP contribution in [0.5, 0.6) is 0 Å². The fourth-order valence-corrected chi connectivity index (χ4v) is 5.71. The Labute approximate surface area is 208 Å². The highest BCUT2D eigenvalue weighted by atomic mass is 32.2. The maximum absolute atomic E-state index is 9.55. The quantitative estimate of drug-likeness (QED) is 0.405. The number of benzene rings is 2. The summed E-state index contributed by atoms with van der Waals surface area (Å²) in [5, 5.41) is 24.8. The van der Waals surface area contributed by atoms with Crippen molar-refractivity contribution in [2.45, 2.75) is 27.1 Å². The minimum absolute atomic E-state index is 0.258. The van der Waals surface area contributed by atoms with Crippen molar-refractivity contribution in [1.29, 1.82) is 0 Å². The Morgan fingerprint density at radius 1 is 1.03 bits per heavy atom. The zero-order chi connectivity index (χ0) is 24.5. The highest BCUT2D eigenvalue weighted by Crippen LogP contribution is 2.43. The lowest BCUT2D eigenvalue weighted by atomic mass is 9.96. The zero-order valence-electron chi connectivity index (χ0n) is 19.1. The van der Waals surface area contributed by atoms with E-state index in [-0.39, 0.29) is 6.61 Å². The van der Waals surface area contributed by atoms with E-state index < -0.39 is 11.9 Å². The molecule has 0 spiro atoms. The fourth-order valence-electron chi connectivity index (χ4n) is 4.14. The molecule has 34 heavy (non-hydrogen) atoms. The van der Waals surface area contributed by atoms with Gasteiger partial charge in [0.2, 0.25) is 0 Å². The smallest absolute Gasteiger partial charge is 0.328 e. The van der Waals surface area contributed by atoms with Gasteiger partial charge in [0.15, 0.2) is 0 Å². The van der Waals surface area contributed by atoms with Gasteiger partial charge >= 0.3 is 11.9 Å². The molecule has 2 aliphatic rings. The van der Waals surface area contributed by atoms with Gasteiger partial charge in [-0.1, -0.05) is 30.0 Å². The molecule has 0 aromatic heterocycles. The summed E-state index contributed by atoms with van der Waals surface area (Å²) in [6, 6.07) is 16.3. The standard InChI is InChI=1S/C21H26N2OS2.C4H4O4/c1-25-17-6-7-20-16(14-17)15-19(18-4-2-3-5-21(18)26-20)23-10-8-22(9-11-23)12-13-24;5-3(6)1-2-4(7)8/h2-7,14,19,24H,8-13,15H2,1H3;1-2H,(H,5,6)(H,7,8)/b;2-1-. The van der Waals surface area contributed by atoms with Gasteiger partial charge in [-0.05, 0) is 48.1 Å². The average Bonchev–Trinajstić information content (AvgIpc) is 3.00. The molecule has 1 unspecified atom stereocenters. The Kier molecular flexibility index (Phi) is 10.0. The number of carboxylic acids is 2.